The summed E-state index contributed by atoms with van der Waals surface area (Å²) >= 11 is 1.65. The first-order chi connectivity index (χ1) is 15.2. The average Bonchev–Trinajstić information content (AvgIpc) is 3.42. The van der Waals surface area contributed by atoms with Crippen LogP contribution in [-0.2, 0) is 13.1 Å². The molecule has 0 saturated carbocycles. The van der Waals surface area contributed by atoms with Crippen molar-refractivity contribution in [1.29, 1.82) is 0 Å². The number of hydrogen-bond donors (Lipinski definition) is 0. The second kappa shape index (κ2) is 8.57. The highest BCUT2D eigenvalue weighted by atomic mass is 32.1. The monoisotopic (exact) mass is 431 g/mol. The summed E-state index contributed by atoms with van der Waals surface area (Å²) in [5.41, 5.74) is 5.95. The van der Waals surface area contributed by atoms with Crippen molar-refractivity contribution in [2.75, 3.05) is 20.3 Å². The molecule has 1 aliphatic rings. The molecule has 158 valence electrons. The van der Waals surface area contributed by atoms with Gasteiger partial charge in [0.15, 0.2) is 16.6 Å². The summed E-state index contributed by atoms with van der Waals surface area (Å²) in [5, 5.41) is 3.00. The quantitative estimate of drug-likeness (QED) is 0.429. The predicted octanol–water partition coefficient (Wildman–Crippen LogP) is 5.31. The normalized spacial score (nSPS) is 14.0. The zero-order chi connectivity index (χ0) is 21.2. The van der Waals surface area contributed by atoms with E-state index < -0.39 is 0 Å². The second-order valence-corrected chi connectivity index (χ2v) is 8.65. The molecular formula is C25H25N3O2S. The molecule has 3 heterocycles. The molecule has 0 saturated heterocycles. The third kappa shape index (κ3) is 4.09. The van der Waals surface area contributed by atoms with Gasteiger partial charge in [-0.2, -0.15) is 0 Å². The first-order valence-corrected chi connectivity index (χ1v) is 11.3. The zero-order valence-electron chi connectivity index (χ0n) is 17.7. The van der Waals surface area contributed by atoms with E-state index >= 15 is 0 Å². The number of aromatic nitrogens is 2. The molecule has 1 aliphatic heterocycles. The van der Waals surface area contributed by atoms with E-state index in [-0.39, 0.29) is 0 Å². The Morgan fingerprint density at radius 2 is 2.00 bits per heavy atom. The van der Waals surface area contributed by atoms with Gasteiger partial charge in [0, 0.05) is 48.7 Å². The number of ether oxygens (including phenoxy) is 2. The topological polar surface area (TPSA) is 39.5 Å². The molecule has 6 heteroatoms. The standard InChI is InChI=1S/C25H25N3O2S/c1-18-5-7-19(8-6-18)20-14-21-16-27(11-12-30-24(21)23(15-20)29-2)17-22-4-3-10-28(22)25-26-9-13-31-25/h3-10,13-15H,11-12,16-17H2,1-2H3. The van der Waals surface area contributed by atoms with Crippen molar-refractivity contribution >= 4 is 11.3 Å². The Morgan fingerprint density at radius 3 is 2.77 bits per heavy atom. The number of hydrogen-bond acceptors (Lipinski definition) is 5. The number of aryl methyl sites for hydroxylation is 1. The Balaban J connectivity index is 1.45. The van der Waals surface area contributed by atoms with Crippen molar-refractivity contribution < 1.29 is 9.47 Å². The first-order valence-electron chi connectivity index (χ1n) is 10.4. The third-order valence-electron chi connectivity index (χ3n) is 5.63. The van der Waals surface area contributed by atoms with Crippen molar-refractivity contribution in [2.24, 2.45) is 0 Å². The van der Waals surface area contributed by atoms with E-state index in [4.69, 9.17) is 9.47 Å². The van der Waals surface area contributed by atoms with Crippen LogP contribution in [0.2, 0.25) is 0 Å². The molecule has 0 amide bonds. The lowest BCUT2D eigenvalue weighted by Crippen LogP contribution is -2.26. The Morgan fingerprint density at radius 1 is 1.13 bits per heavy atom. The van der Waals surface area contributed by atoms with E-state index in [0.717, 1.165) is 47.4 Å². The third-order valence-corrected chi connectivity index (χ3v) is 6.40. The first kappa shape index (κ1) is 19.8. The lowest BCUT2D eigenvalue weighted by atomic mass is 10.0. The molecule has 4 aromatic rings. The highest BCUT2D eigenvalue weighted by Crippen LogP contribution is 2.38. The Kier molecular flexibility index (Phi) is 5.49. The second-order valence-electron chi connectivity index (χ2n) is 7.78. The summed E-state index contributed by atoms with van der Waals surface area (Å²) in [5.74, 6) is 1.65. The van der Waals surface area contributed by atoms with E-state index in [1.807, 2.05) is 11.6 Å². The van der Waals surface area contributed by atoms with Crippen molar-refractivity contribution in [3.63, 3.8) is 0 Å². The van der Waals surface area contributed by atoms with Crippen molar-refractivity contribution in [3.8, 4) is 27.8 Å². The fourth-order valence-electron chi connectivity index (χ4n) is 4.03. The minimum absolute atomic E-state index is 0.630. The summed E-state index contributed by atoms with van der Waals surface area (Å²) in [4.78, 5) is 6.88. The molecule has 31 heavy (non-hydrogen) atoms. The number of thiazole rings is 1. The van der Waals surface area contributed by atoms with Crippen LogP contribution in [0.25, 0.3) is 16.3 Å². The van der Waals surface area contributed by atoms with Gasteiger partial charge in [-0.3, -0.25) is 9.47 Å². The number of fused-ring (bicyclic) bond motifs is 1. The molecule has 0 N–H and O–H groups in total. The maximum atomic E-state index is 6.15. The van der Waals surface area contributed by atoms with Gasteiger partial charge in [0.25, 0.3) is 0 Å². The summed E-state index contributed by atoms with van der Waals surface area (Å²) in [6, 6.07) is 17.2. The molecule has 2 aromatic carbocycles. The zero-order valence-corrected chi connectivity index (χ0v) is 18.6. The maximum absolute atomic E-state index is 6.15. The van der Waals surface area contributed by atoms with Gasteiger partial charge in [0.1, 0.15) is 6.61 Å². The summed E-state index contributed by atoms with van der Waals surface area (Å²) in [6.07, 6.45) is 3.92. The largest absolute Gasteiger partial charge is 0.493 e. The number of methoxy groups -OCH3 is 1. The fourth-order valence-corrected chi connectivity index (χ4v) is 4.69. The SMILES string of the molecule is COc1cc(-c2ccc(C)cc2)cc2c1OCCN(Cc1cccn1-c1nccs1)C2. The van der Waals surface area contributed by atoms with Gasteiger partial charge in [-0.1, -0.05) is 29.8 Å². The molecule has 0 spiro atoms. The Bertz CT molecular complexity index is 1170. The summed E-state index contributed by atoms with van der Waals surface area (Å²) in [7, 11) is 1.71. The van der Waals surface area contributed by atoms with Crippen molar-refractivity contribution in [3.05, 3.63) is 83.1 Å². The molecule has 0 bridgehead atoms. The van der Waals surface area contributed by atoms with Crippen molar-refractivity contribution in [2.45, 2.75) is 20.0 Å². The highest BCUT2D eigenvalue weighted by Gasteiger charge is 2.21. The Labute approximate surface area is 186 Å². The number of nitrogens with zero attached hydrogens (tertiary/aromatic N) is 3. The molecule has 0 fully saturated rings. The fraction of sp³-hybridized carbons (Fsp3) is 0.240. The molecular weight excluding hydrogens is 406 g/mol. The van der Waals surface area contributed by atoms with Gasteiger partial charge in [-0.25, -0.2) is 4.98 Å². The van der Waals surface area contributed by atoms with Crippen LogP contribution in [0.15, 0.2) is 66.3 Å². The minimum atomic E-state index is 0.630. The van der Waals surface area contributed by atoms with E-state index in [9.17, 15) is 0 Å². The summed E-state index contributed by atoms with van der Waals surface area (Å²) in [6.45, 7) is 5.21. The molecule has 5 nitrogen and oxygen atoms in total. The van der Waals surface area contributed by atoms with Crippen LogP contribution in [0, 0.1) is 6.92 Å². The van der Waals surface area contributed by atoms with Gasteiger partial charge in [0.05, 0.1) is 7.11 Å². The molecule has 0 radical (unpaired) electrons. The molecule has 5 rings (SSSR count). The average molecular weight is 432 g/mol. The van der Waals surface area contributed by atoms with Crippen LogP contribution >= 0.6 is 11.3 Å². The van der Waals surface area contributed by atoms with E-state index in [1.165, 1.54) is 16.8 Å². The molecule has 0 unspecified atom stereocenters. The van der Waals surface area contributed by atoms with Crippen molar-refractivity contribution in [1.82, 2.24) is 14.5 Å². The van der Waals surface area contributed by atoms with Crippen LogP contribution in [-0.4, -0.2) is 34.7 Å². The van der Waals surface area contributed by atoms with Gasteiger partial charge in [-0.05, 0) is 42.3 Å². The van der Waals surface area contributed by atoms with E-state index in [1.54, 1.807) is 18.4 Å². The lowest BCUT2D eigenvalue weighted by Gasteiger charge is -2.20. The predicted molar refractivity (Wildman–Crippen MR) is 124 cm³/mol. The summed E-state index contributed by atoms with van der Waals surface area (Å²) < 4.78 is 14.0. The van der Waals surface area contributed by atoms with Gasteiger partial charge >= 0.3 is 0 Å². The molecule has 0 aliphatic carbocycles. The minimum Gasteiger partial charge on any atom is -0.493 e. The van der Waals surface area contributed by atoms with Crippen LogP contribution in [0.4, 0.5) is 0 Å². The number of benzene rings is 2. The Hall–Kier alpha value is -3.09. The van der Waals surface area contributed by atoms with Crippen LogP contribution < -0.4 is 9.47 Å². The van der Waals surface area contributed by atoms with E-state index in [0.29, 0.717) is 6.61 Å². The van der Waals surface area contributed by atoms with E-state index in [2.05, 4.69) is 76.1 Å². The van der Waals surface area contributed by atoms with Gasteiger partial charge in [0.2, 0.25) is 0 Å². The van der Waals surface area contributed by atoms with Crippen LogP contribution in [0.1, 0.15) is 16.8 Å². The smallest absolute Gasteiger partial charge is 0.193 e. The highest BCUT2D eigenvalue weighted by molar-refractivity contribution is 7.12. The van der Waals surface area contributed by atoms with Gasteiger partial charge in [-0.15, -0.1) is 11.3 Å². The molecule has 2 aromatic heterocycles. The number of rotatable bonds is 5. The maximum Gasteiger partial charge on any atom is 0.193 e. The lowest BCUT2D eigenvalue weighted by molar-refractivity contribution is 0.214. The van der Waals surface area contributed by atoms with Gasteiger partial charge < -0.3 is 9.47 Å². The molecule has 0 atom stereocenters. The van der Waals surface area contributed by atoms with Crippen LogP contribution in [0.3, 0.4) is 0 Å². The van der Waals surface area contributed by atoms with Crippen LogP contribution in [0.5, 0.6) is 11.5 Å².